The van der Waals surface area contributed by atoms with E-state index in [1.165, 1.54) is 0 Å². The Morgan fingerprint density at radius 3 is 2.77 bits per heavy atom. The molecule has 1 aliphatic rings. The summed E-state index contributed by atoms with van der Waals surface area (Å²) in [7, 11) is 0. The van der Waals surface area contributed by atoms with Crippen LogP contribution in [0.25, 0.3) is 0 Å². The number of amides is 1. The number of benzene rings is 1. The second-order valence-corrected chi connectivity index (χ2v) is 5.60. The van der Waals surface area contributed by atoms with Crippen LogP contribution in [0.4, 0.5) is 24.5 Å². The number of rotatable bonds is 7. The van der Waals surface area contributed by atoms with Crippen molar-refractivity contribution in [3.8, 4) is 0 Å². The standard InChI is InChI=1S/C15H18F3N3O5/c16-15(17,18)10-4-5-11(12(9-10)21(23)24)19-7-6-13(22)20-26-14-3-1-2-8-25-14/h4-5,9,14,19H,1-3,6-8H2,(H,20,22). The van der Waals surface area contributed by atoms with E-state index in [4.69, 9.17) is 9.57 Å². The van der Waals surface area contributed by atoms with Crippen molar-refractivity contribution in [1.29, 1.82) is 0 Å². The molecular weight excluding hydrogens is 359 g/mol. The molecule has 8 nitrogen and oxygen atoms in total. The van der Waals surface area contributed by atoms with Crippen molar-refractivity contribution in [3.63, 3.8) is 0 Å². The lowest BCUT2D eigenvalue weighted by Gasteiger charge is -2.22. The molecule has 26 heavy (non-hydrogen) atoms. The third kappa shape index (κ3) is 5.85. The van der Waals surface area contributed by atoms with Crippen molar-refractivity contribution in [2.24, 2.45) is 0 Å². The van der Waals surface area contributed by atoms with E-state index in [0.717, 1.165) is 25.0 Å². The van der Waals surface area contributed by atoms with Gasteiger partial charge in [-0.2, -0.15) is 13.2 Å². The quantitative estimate of drug-likeness (QED) is 0.559. The molecule has 1 atom stereocenters. The third-order valence-electron chi connectivity index (χ3n) is 3.63. The van der Waals surface area contributed by atoms with E-state index in [-0.39, 0.29) is 18.7 Å². The molecule has 144 valence electrons. The first kappa shape index (κ1) is 19.9. The highest BCUT2D eigenvalue weighted by Gasteiger charge is 2.33. The Balaban J connectivity index is 1.84. The summed E-state index contributed by atoms with van der Waals surface area (Å²) in [5, 5.41) is 13.5. The number of carbonyl (C=O) groups is 1. The highest BCUT2D eigenvalue weighted by atomic mass is 19.4. The molecule has 0 aromatic heterocycles. The molecule has 1 amide bonds. The highest BCUT2D eigenvalue weighted by Crippen LogP contribution is 2.34. The topological polar surface area (TPSA) is 103 Å². The molecule has 1 aliphatic heterocycles. The van der Waals surface area contributed by atoms with Crippen LogP contribution in [0.5, 0.6) is 0 Å². The van der Waals surface area contributed by atoms with Crippen LogP contribution in [0.15, 0.2) is 18.2 Å². The number of carbonyl (C=O) groups excluding carboxylic acids is 1. The summed E-state index contributed by atoms with van der Waals surface area (Å²) in [4.78, 5) is 26.8. The molecule has 1 unspecified atom stereocenters. The summed E-state index contributed by atoms with van der Waals surface area (Å²) >= 11 is 0. The number of nitro groups is 1. The number of halogens is 3. The van der Waals surface area contributed by atoms with Gasteiger partial charge >= 0.3 is 6.18 Å². The van der Waals surface area contributed by atoms with Crippen LogP contribution in [-0.2, 0) is 20.5 Å². The van der Waals surface area contributed by atoms with Crippen LogP contribution in [0, 0.1) is 10.1 Å². The van der Waals surface area contributed by atoms with Crippen molar-refractivity contribution in [2.75, 3.05) is 18.5 Å². The fourth-order valence-corrected chi connectivity index (χ4v) is 2.31. The van der Waals surface area contributed by atoms with E-state index in [9.17, 15) is 28.1 Å². The molecule has 1 saturated heterocycles. The van der Waals surface area contributed by atoms with Crippen molar-refractivity contribution >= 4 is 17.3 Å². The molecule has 0 saturated carbocycles. The minimum absolute atomic E-state index is 0.0209. The predicted octanol–water partition coefficient (Wildman–Crippen LogP) is 2.99. The molecule has 1 aromatic carbocycles. The van der Waals surface area contributed by atoms with Crippen LogP contribution in [0.3, 0.4) is 0 Å². The molecule has 0 radical (unpaired) electrons. The van der Waals surface area contributed by atoms with Crippen LogP contribution in [0.2, 0.25) is 0 Å². The number of hydrogen-bond acceptors (Lipinski definition) is 6. The van der Waals surface area contributed by atoms with Gasteiger partial charge in [0.1, 0.15) is 5.69 Å². The normalized spacial score (nSPS) is 17.6. The Bertz CT molecular complexity index is 648. The zero-order valence-corrected chi connectivity index (χ0v) is 13.7. The minimum atomic E-state index is -4.68. The van der Waals surface area contributed by atoms with E-state index in [1.807, 2.05) is 0 Å². The van der Waals surface area contributed by atoms with Gasteiger partial charge in [0.25, 0.3) is 5.69 Å². The molecule has 1 heterocycles. The summed E-state index contributed by atoms with van der Waals surface area (Å²) in [5.41, 5.74) is 0.281. The van der Waals surface area contributed by atoms with Gasteiger partial charge in [-0.05, 0) is 25.0 Å². The van der Waals surface area contributed by atoms with Crippen LogP contribution < -0.4 is 10.8 Å². The van der Waals surface area contributed by atoms with Crippen molar-refractivity contribution in [3.05, 3.63) is 33.9 Å². The fourth-order valence-electron chi connectivity index (χ4n) is 2.31. The number of alkyl halides is 3. The Morgan fingerprint density at radius 1 is 1.38 bits per heavy atom. The van der Waals surface area contributed by atoms with Crippen molar-refractivity contribution in [1.82, 2.24) is 5.48 Å². The highest BCUT2D eigenvalue weighted by molar-refractivity contribution is 5.75. The first-order valence-electron chi connectivity index (χ1n) is 7.93. The zero-order chi connectivity index (χ0) is 19.2. The number of ether oxygens (including phenoxy) is 1. The summed E-state index contributed by atoms with van der Waals surface area (Å²) < 4.78 is 43.2. The van der Waals surface area contributed by atoms with Gasteiger partial charge in [-0.1, -0.05) is 0 Å². The van der Waals surface area contributed by atoms with Crippen molar-refractivity contribution < 1.29 is 32.5 Å². The molecular formula is C15H18F3N3O5. The van der Waals surface area contributed by atoms with Crippen LogP contribution in [-0.4, -0.2) is 30.3 Å². The summed E-state index contributed by atoms with van der Waals surface area (Å²) in [6, 6.07) is 2.15. The summed E-state index contributed by atoms with van der Waals surface area (Å²) in [6.07, 6.45) is -2.75. The maximum Gasteiger partial charge on any atom is 0.416 e. The van der Waals surface area contributed by atoms with Crippen LogP contribution in [0.1, 0.15) is 31.2 Å². The monoisotopic (exact) mass is 377 g/mol. The Morgan fingerprint density at radius 2 is 2.15 bits per heavy atom. The molecule has 2 rings (SSSR count). The lowest BCUT2D eigenvalue weighted by Crippen LogP contribution is -2.33. The van der Waals surface area contributed by atoms with Gasteiger partial charge in [0.05, 0.1) is 10.5 Å². The van der Waals surface area contributed by atoms with E-state index in [2.05, 4.69) is 10.8 Å². The Kier molecular flexibility index (Phi) is 6.75. The number of anilines is 1. The zero-order valence-electron chi connectivity index (χ0n) is 13.7. The predicted molar refractivity (Wildman–Crippen MR) is 84.0 cm³/mol. The van der Waals surface area contributed by atoms with E-state index >= 15 is 0 Å². The molecule has 0 aliphatic carbocycles. The summed E-state index contributed by atoms with van der Waals surface area (Å²) in [6.45, 7) is 0.534. The van der Waals surface area contributed by atoms with Gasteiger partial charge in [0, 0.05) is 32.1 Å². The molecule has 1 aromatic rings. The lowest BCUT2D eigenvalue weighted by atomic mass is 10.1. The van der Waals surface area contributed by atoms with Gasteiger partial charge in [-0.25, -0.2) is 10.3 Å². The number of hydroxylamine groups is 1. The first-order valence-corrected chi connectivity index (χ1v) is 7.93. The molecule has 11 heteroatoms. The molecule has 0 spiro atoms. The van der Waals surface area contributed by atoms with Gasteiger partial charge in [-0.15, -0.1) is 0 Å². The number of nitrogens with zero attached hydrogens (tertiary/aromatic N) is 1. The van der Waals surface area contributed by atoms with Gasteiger partial charge in [-0.3, -0.25) is 14.9 Å². The fraction of sp³-hybridized carbons (Fsp3) is 0.533. The second kappa shape index (κ2) is 8.81. The smallest absolute Gasteiger partial charge is 0.379 e. The van der Waals surface area contributed by atoms with E-state index in [0.29, 0.717) is 19.1 Å². The Hall–Kier alpha value is -2.40. The lowest BCUT2D eigenvalue weighted by molar-refractivity contribution is -0.384. The van der Waals surface area contributed by atoms with Crippen LogP contribution >= 0.6 is 0 Å². The number of nitrogens with one attached hydrogen (secondary N) is 2. The number of hydrogen-bond donors (Lipinski definition) is 2. The van der Waals surface area contributed by atoms with Gasteiger partial charge in [0.2, 0.25) is 5.91 Å². The molecule has 2 N–H and O–H groups in total. The molecule has 1 fully saturated rings. The maximum absolute atomic E-state index is 12.6. The minimum Gasteiger partial charge on any atom is -0.379 e. The van der Waals surface area contributed by atoms with E-state index in [1.54, 1.807) is 0 Å². The Labute approximate surface area is 146 Å². The average Bonchev–Trinajstić information content (AvgIpc) is 2.60. The largest absolute Gasteiger partial charge is 0.416 e. The average molecular weight is 377 g/mol. The third-order valence-corrected chi connectivity index (χ3v) is 3.63. The van der Waals surface area contributed by atoms with Crippen molar-refractivity contribution in [2.45, 2.75) is 38.1 Å². The maximum atomic E-state index is 12.6. The first-order chi connectivity index (χ1) is 12.3. The van der Waals surface area contributed by atoms with Gasteiger partial charge < -0.3 is 10.1 Å². The SMILES string of the molecule is O=C(CCNc1ccc(C(F)(F)F)cc1[N+](=O)[O-])NOC1CCCCO1. The second-order valence-electron chi connectivity index (χ2n) is 5.60. The van der Waals surface area contributed by atoms with Gasteiger partial charge in [0.15, 0.2) is 6.29 Å². The summed E-state index contributed by atoms with van der Waals surface area (Å²) in [5.74, 6) is -0.485. The molecule has 0 bridgehead atoms. The van der Waals surface area contributed by atoms with E-state index < -0.39 is 34.5 Å². The number of nitro benzene ring substituents is 1.